The lowest BCUT2D eigenvalue weighted by Crippen LogP contribution is -2.16. The van der Waals surface area contributed by atoms with Gasteiger partial charge < -0.3 is 15.5 Å². The number of nitrogen functional groups attached to an aromatic ring is 1. The molecule has 0 fully saturated rings. The topological polar surface area (TPSA) is 116 Å². The van der Waals surface area contributed by atoms with Gasteiger partial charge in [0.05, 0.1) is 0 Å². The normalized spacial score (nSPS) is 10.1. The Labute approximate surface area is 167 Å². The van der Waals surface area contributed by atoms with E-state index in [2.05, 4.69) is 20.9 Å². The molecule has 0 aliphatic carbocycles. The SMILES string of the molecule is N#Cc1c(N)[nH]c(=O)c(C#N)c1-c1cccc(OCc2ccc(Br)cc2F)c1. The van der Waals surface area contributed by atoms with E-state index in [0.29, 0.717) is 21.3 Å². The van der Waals surface area contributed by atoms with Crippen molar-refractivity contribution >= 4 is 21.7 Å². The molecule has 3 rings (SSSR count). The first-order valence-corrected chi connectivity index (χ1v) is 8.77. The van der Waals surface area contributed by atoms with Crippen LogP contribution in [0.5, 0.6) is 5.75 Å². The van der Waals surface area contributed by atoms with Crippen LogP contribution in [0.3, 0.4) is 0 Å². The summed E-state index contributed by atoms with van der Waals surface area (Å²) >= 11 is 3.19. The number of aromatic amines is 1. The van der Waals surface area contributed by atoms with Gasteiger partial charge in [-0.3, -0.25) is 4.79 Å². The first-order valence-electron chi connectivity index (χ1n) is 7.97. The number of rotatable bonds is 4. The number of pyridine rings is 1. The van der Waals surface area contributed by atoms with E-state index in [9.17, 15) is 19.7 Å². The molecule has 0 radical (unpaired) electrons. The summed E-state index contributed by atoms with van der Waals surface area (Å²) in [4.78, 5) is 14.3. The summed E-state index contributed by atoms with van der Waals surface area (Å²) in [5.74, 6) is -0.150. The van der Waals surface area contributed by atoms with Crippen LogP contribution >= 0.6 is 15.9 Å². The molecule has 0 aliphatic heterocycles. The van der Waals surface area contributed by atoms with E-state index in [1.54, 1.807) is 36.4 Å². The molecule has 138 valence electrons. The van der Waals surface area contributed by atoms with Gasteiger partial charge >= 0.3 is 0 Å². The number of nitrogens with zero attached hydrogens (tertiary/aromatic N) is 2. The fourth-order valence-electron chi connectivity index (χ4n) is 2.67. The maximum atomic E-state index is 13.9. The molecule has 0 atom stereocenters. The molecule has 1 aromatic heterocycles. The Hall–Kier alpha value is -3.62. The van der Waals surface area contributed by atoms with Crippen molar-refractivity contribution in [3.63, 3.8) is 0 Å². The number of nitriles is 2. The number of halogens is 2. The van der Waals surface area contributed by atoms with Crippen molar-refractivity contribution in [3.8, 4) is 29.0 Å². The second kappa shape index (κ2) is 7.95. The van der Waals surface area contributed by atoms with Crippen LogP contribution in [-0.2, 0) is 6.61 Å². The Kier molecular flexibility index (Phi) is 5.44. The van der Waals surface area contributed by atoms with E-state index >= 15 is 0 Å². The van der Waals surface area contributed by atoms with Gasteiger partial charge in [-0.2, -0.15) is 10.5 Å². The second-order valence-electron chi connectivity index (χ2n) is 5.77. The smallest absolute Gasteiger partial charge is 0.268 e. The van der Waals surface area contributed by atoms with Crippen LogP contribution in [0.2, 0.25) is 0 Å². The van der Waals surface area contributed by atoms with Gasteiger partial charge in [0.2, 0.25) is 0 Å². The molecule has 1 heterocycles. The van der Waals surface area contributed by atoms with E-state index in [1.165, 1.54) is 6.07 Å². The van der Waals surface area contributed by atoms with Crippen molar-refractivity contribution in [2.24, 2.45) is 0 Å². The summed E-state index contributed by atoms with van der Waals surface area (Å²) in [6.07, 6.45) is 0. The third-order valence-electron chi connectivity index (χ3n) is 4.00. The minimum atomic E-state index is -0.683. The van der Waals surface area contributed by atoms with Crippen molar-refractivity contribution in [2.45, 2.75) is 6.61 Å². The standard InChI is InChI=1S/C20H12BrFN4O2/c21-13-5-4-12(17(22)7-13)10-28-14-3-1-2-11(6-14)18-15(8-23)19(25)26-20(27)16(18)9-24/h1-7H,10H2,(H3,25,26,27). The molecule has 6 nitrogen and oxygen atoms in total. The zero-order valence-corrected chi connectivity index (χ0v) is 15.9. The number of anilines is 1. The molecule has 0 spiro atoms. The predicted octanol–water partition coefficient (Wildman–Crippen LogP) is 3.85. The third kappa shape index (κ3) is 3.73. The van der Waals surface area contributed by atoms with Crippen molar-refractivity contribution in [2.75, 3.05) is 5.73 Å². The third-order valence-corrected chi connectivity index (χ3v) is 4.49. The average molecular weight is 439 g/mol. The molecule has 2 aromatic carbocycles. The minimum absolute atomic E-state index is 0.00717. The molecule has 0 bridgehead atoms. The Bertz CT molecular complexity index is 1210. The fraction of sp³-hybridized carbons (Fsp3) is 0.0500. The molecular weight excluding hydrogens is 427 g/mol. The molecule has 8 heteroatoms. The molecule has 0 saturated carbocycles. The average Bonchev–Trinajstić information content (AvgIpc) is 2.67. The zero-order valence-electron chi connectivity index (χ0n) is 14.3. The summed E-state index contributed by atoms with van der Waals surface area (Å²) in [6, 6.07) is 14.8. The van der Waals surface area contributed by atoms with Gasteiger partial charge in [-0.1, -0.05) is 34.1 Å². The van der Waals surface area contributed by atoms with E-state index in [-0.39, 0.29) is 29.1 Å². The quantitative estimate of drug-likeness (QED) is 0.641. The molecule has 0 unspecified atom stereocenters. The van der Waals surface area contributed by atoms with Crippen LogP contribution in [0, 0.1) is 28.5 Å². The highest BCUT2D eigenvalue weighted by molar-refractivity contribution is 9.10. The van der Waals surface area contributed by atoms with Crippen LogP contribution in [0.4, 0.5) is 10.2 Å². The maximum Gasteiger partial charge on any atom is 0.268 e. The number of ether oxygens (including phenoxy) is 1. The Morgan fingerprint density at radius 1 is 1.14 bits per heavy atom. The lowest BCUT2D eigenvalue weighted by Gasteiger charge is -2.11. The zero-order chi connectivity index (χ0) is 20.3. The van der Waals surface area contributed by atoms with Crippen LogP contribution in [-0.4, -0.2) is 4.98 Å². The first kappa shape index (κ1) is 19.2. The highest BCUT2D eigenvalue weighted by Crippen LogP contribution is 2.30. The van der Waals surface area contributed by atoms with E-state index in [1.807, 2.05) is 12.1 Å². The number of nitrogens with one attached hydrogen (secondary N) is 1. The van der Waals surface area contributed by atoms with Crippen molar-refractivity contribution in [1.82, 2.24) is 4.98 Å². The number of aromatic nitrogens is 1. The Balaban J connectivity index is 2.00. The summed E-state index contributed by atoms with van der Waals surface area (Å²) in [7, 11) is 0. The Morgan fingerprint density at radius 3 is 2.57 bits per heavy atom. The molecule has 0 amide bonds. The number of nitrogens with two attached hydrogens (primary N) is 1. The number of hydrogen-bond donors (Lipinski definition) is 2. The van der Waals surface area contributed by atoms with Gasteiger partial charge in [0.15, 0.2) is 0 Å². The highest BCUT2D eigenvalue weighted by atomic mass is 79.9. The van der Waals surface area contributed by atoms with Gasteiger partial charge in [-0.05, 0) is 29.8 Å². The summed E-state index contributed by atoms with van der Waals surface area (Å²) in [5.41, 5.74) is 5.73. The summed E-state index contributed by atoms with van der Waals surface area (Å²) in [6.45, 7) is -0.0176. The van der Waals surface area contributed by atoms with Crippen molar-refractivity contribution < 1.29 is 9.13 Å². The Morgan fingerprint density at radius 2 is 1.89 bits per heavy atom. The van der Waals surface area contributed by atoms with E-state index in [4.69, 9.17) is 10.5 Å². The second-order valence-corrected chi connectivity index (χ2v) is 6.68. The van der Waals surface area contributed by atoms with Crippen LogP contribution < -0.4 is 16.0 Å². The fourth-order valence-corrected chi connectivity index (χ4v) is 3.01. The van der Waals surface area contributed by atoms with Crippen LogP contribution in [0.15, 0.2) is 51.7 Å². The van der Waals surface area contributed by atoms with Crippen molar-refractivity contribution in [1.29, 1.82) is 10.5 Å². The van der Waals surface area contributed by atoms with Gasteiger partial charge in [-0.15, -0.1) is 0 Å². The molecule has 0 aliphatic rings. The number of H-pyrrole nitrogens is 1. The highest BCUT2D eigenvalue weighted by Gasteiger charge is 2.18. The van der Waals surface area contributed by atoms with Gasteiger partial charge in [0.25, 0.3) is 5.56 Å². The number of benzene rings is 2. The van der Waals surface area contributed by atoms with Gasteiger partial charge in [0, 0.05) is 15.6 Å². The van der Waals surface area contributed by atoms with Gasteiger partial charge in [-0.25, -0.2) is 4.39 Å². The molecule has 0 saturated heterocycles. The largest absolute Gasteiger partial charge is 0.489 e. The van der Waals surface area contributed by atoms with Crippen LogP contribution in [0.25, 0.3) is 11.1 Å². The molecule has 28 heavy (non-hydrogen) atoms. The van der Waals surface area contributed by atoms with Crippen molar-refractivity contribution in [3.05, 3.63) is 79.8 Å². The number of hydrogen-bond acceptors (Lipinski definition) is 5. The minimum Gasteiger partial charge on any atom is -0.489 e. The molecule has 3 aromatic rings. The first-order chi connectivity index (χ1) is 13.4. The van der Waals surface area contributed by atoms with E-state index < -0.39 is 11.4 Å². The predicted molar refractivity (Wildman–Crippen MR) is 105 cm³/mol. The molecular formula is C20H12BrFN4O2. The van der Waals surface area contributed by atoms with Crippen LogP contribution in [0.1, 0.15) is 16.7 Å². The summed E-state index contributed by atoms with van der Waals surface area (Å²) in [5, 5.41) is 18.8. The van der Waals surface area contributed by atoms with Gasteiger partial charge in [0.1, 0.15) is 47.3 Å². The summed E-state index contributed by atoms with van der Waals surface area (Å²) < 4.78 is 20.2. The monoisotopic (exact) mass is 438 g/mol. The molecule has 3 N–H and O–H groups in total. The lowest BCUT2D eigenvalue weighted by molar-refractivity contribution is 0.300. The lowest BCUT2D eigenvalue weighted by atomic mass is 9.96. The van der Waals surface area contributed by atoms with E-state index in [0.717, 1.165) is 0 Å². The maximum absolute atomic E-state index is 13.9.